The molecule has 2 aromatic carbocycles. The number of carbonyl (C=O) groups is 1. The highest BCUT2D eigenvalue weighted by molar-refractivity contribution is 6.30. The first-order valence-corrected chi connectivity index (χ1v) is 11.0. The fourth-order valence-electron chi connectivity index (χ4n) is 3.76. The van der Waals surface area contributed by atoms with Crippen LogP contribution in [0.1, 0.15) is 29.3 Å². The third-order valence-corrected chi connectivity index (χ3v) is 5.72. The van der Waals surface area contributed by atoms with E-state index in [1.807, 2.05) is 12.1 Å². The Morgan fingerprint density at radius 3 is 2.48 bits per heavy atom. The van der Waals surface area contributed by atoms with E-state index >= 15 is 0 Å². The van der Waals surface area contributed by atoms with Crippen molar-refractivity contribution in [2.75, 3.05) is 46.4 Å². The zero-order valence-electron chi connectivity index (χ0n) is 18.2. The van der Waals surface area contributed by atoms with Crippen LogP contribution in [0.3, 0.4) is 0 Å². The zero-order valence-corrected chi connectivity index (χ0v) is 19.0. The molecule has 0 radical (unpaired) electrons. The summed E-state index contributed by atoms with van der Waals surface area (Å²) in [6.45, 7) is 6.99. The summed E-state index contributed by atoms with van der Waals surface area (Å²) in [5.74, 6) is 0.986. The molecule has 0 bridgehead atoms. The number of hydrogen-bond acceptors (Lipinski definition) is 6. The average Bonchev–Trinajstić information content (AvgIpc) is 2.98. The number of β-amino-alcohol motifs (C(OH)–C–C–N with tert-alkyl or cyclic N) is 1. The van der Waals surface area contributed by atoms with Crippen molar-refractivity contribution < 1.29 is 19.4 Å². The van der Waals surface area contributed by atoms with Crippen molar-refractivity contribution in [2.45, 2.75) is 26.0 Å². The monoisotopic (exact) mass is 446 g/mol. The molecule has 31 heavy (non-hydrogen) atoms. The number of ketones is 1. The van der Waals surface area contributed by atoms with Gasteiger partial charge in [-0.05, 0) is 62.3 Å². The van der Waals surface area contributed by atoms with Gasteiger partial charge in [0.25, 0.3) is 0 Å². The first-order chi connectivity index (χ1) is 14.9. The molecule has 1 N–H and O–H groups in total. The molecule has 3 rings (SSSR count). The number of rotatable bonds is 9. The molecule has 6 nitrogen and oxygen atoms in total. The molecular weight excluding hydrogens is 416 g/mol. The number of ether oxygens (including phenoxy) is 2. The van der Waals surface area contributed by atoms with E-state index in [1.54, 1.807) is 18.2 Å². The van der Waals surface area contributed by atoms with Crippen LogP contribution in [0.25, 0.3) is 0 Å². The van der Waals surface area contributed by atoms with Crippen LogP contribution in [-0.2, 0) is 6.54 Å². The lowest BCUT2D eigenvalue weighted by Gasteiger charge is -2.24. The highest BCUT2D eigenvalue weighted by atomic mass is 35.5. The minimum Gasteiger partial charge on any atom is -0.493 e. The minimum atomic E-state index is -0.611. The van der Waals surface area contributed by atoms with Gasteiger partial charge in [-0.25, -0.2) is 0 Å². The molecule has 2 aromatic rings. The summed E-state index contributed by atoms with van der Waals surface area (Å²) in [7, 11) is 1.54. The third kappa shape index (κ3) is 7.21. The maximum atomic E-state index is 11.5. The number of hydrogen-bond donors (Lipinski definition) is 1. The van der Waals surface area contributed by atoms with Crippen molar-refractivity contribution in [1.82, 2.24) is 9.80 Å². The van der Waals surface area contributed by atoms with Gasteiger partial charge >= 0.3 is 0 Å². The zero-order chi connectivity index (χ0) is 22.2. The Morgan fingerprint density at radius 1 is 1.06 bits per heavy atom. The second kappa shape index (κ2) is 11.5. The molecule has 7 heteroatoms. The summed E-state index contributed by atoms with van der Waals surface area (Å²) >= 11 is 5.97. The normalized spacial score (nSPS) is 16.5. The molecule has 1 unspecified atom stereocenters. The fraction of sp³-hybridized carbons (Fsp3) is 0.458. The number of methoxy groups -OCH3 is 1. The number of carbonyl (C=O) groups excluding carboxylic acids is 1. The topological polar surface area (TPSA) is 62.2 Å². The van der Waals surface area contributed by atoms with Gasteiger partial charge in [0, 0.05) is 36.8 Å². The van der Waals surface area contributed by atoms with Gasteiger partial charge in [-0.3, -0.25) is 14.6 Å². The van der Waals surface area contributed by atoms with E-state index in [9.17, 15) is 9.90 Å². The van der Waals surface area contributed by atoms with Gasteiger partial charge in [-0.1, -0.05) is 23.7 Å². The van der Waals surface area contributed by atoms with Gasteiger partial charge < -0.3 is 14.6 Å². The van der Waals surface area contributed by atoms with Crippen LogP contribution < -0.4 is 9.47 Å². The summed E-state index contributed by atoms with van der Waals surface area (Å²) in [6.07, 6.45) is 0.446. The Hall–Kier alpha value is -2.12. The maximum absolute atomic E-state index is 11.5. The first kappa shape index (κ1) is 23.5. The molecular formula is C24H31ClN2O4. The van der Waals surface area contributed by atoms with Crippen molar-refractivity contribution >= 4 is 17.4 Å². The fourth-order valence-corrected chi connectivity index (χ4v) is 3.88. The molecule has 1 fully saturated rings. The van der Waals surface area contributed by atoms with Gasteiger partial charge in [0.2, 0.25) is 0 Å². The van der Waals surface area contributed by atoms with E-state index < -0.39 is 6.10 Å². The summed E-state index contributed by atoms with van der Waals surface area (Å²) in [4.78, 5) is 16.3. The largest absolute Gasteiger partial charge is 0.493 e. The number of nitrogens with zero attached hydrogens (tertiary/aromatic N) is 2. The van der Waals surface area contributed by atoms with Gasteiger partial charge in [0.15, 0.2) is 17.3 Å². The molecule has 0 amide bonds. The van der Waals surface area contributed by atoms with E-state index in [1.165, 1.54) is 19.6 Å². The summed E-state index contributed by atoms with van der Waals surface area (Å²) in [5, 5.41) is 11.3. The molecule has 1 aliphatic heterocycles. The SMILES string of the molecule is COc1cc(C(C)=O)ccc1OCC(O)CN1CCCN(Cc2ccc(Cl)cc2)CC1. The van der Waals surface area contributed by atoms with Crippen molar-refractivity contribution in [1.29, 1.82) is 0 Å². The minimum absolute atomic E-state index is 0.0313. The lowest BCUT2D eigenvalue weighted by Crippen LogP contribution is -2.38. The van der Waals surface area contributed by atoms with Gasteiger partial charge in [0.1, 0.15) is 12.7 Å². The molecule has 0 spiro atoms. The van der Waals surface area contributed by atoms with Gasteiger partial charge in [-0.2, -0.15) is 0 Å². The predicted molar refractivity (Wildman–Crippen MR) is 122 cm³/mol. The maximum Gasteiger partial charge on any atom is 0.161 e. The summed E-state index contributed by atoms with van der Waals surface area (Å²) in [5.41, 5.74) is 1.83. The summed E-state index contributed by atoms with van der Waals surface area (Å²) in [6, 6.07) is 13.1. The van der Waals surface area contributed by atoms with E-state index in [0.717, 1.165) is 44.2 Å². The Balaban J connectivity index is 1.46. The average molecular weight is 447 g/mol. The first-order valence-electron chi connectivity index (χ1n) is 10.6. The number of aliphatic hydroxyl groups is 1. The van der Waals surface area contributed by atoms with Crippen LogP contribution in [0.5, 0.6) is 11.5 Å². The lowest BCUT2D eigenvalue weighted by molar-refractivity contribution is 0.0682. The molecule has 0 saturated carbocycles. The molecule has 0 aromatic heterocycles. The lowest BCUT2D eigenvalue weighted by atomic mass is 10.1. The van der Waals surface area contributed by atoms with Gasteiger partial charge in [-0.15, -0.1) is 0 Å². The highest BCUT2D eigenvalue weighted by Crippen LogP contribution is 2.28. The number of halogens is 1. The summed E-state index contributed by atoms with van der Waals surface area (Å²) < 4.78 is 11.1. The van der Waals surface area contributed by atoms with E-state index in [4.69, 9.17) is 21.1 Å². The molecule has 168 valence electrons. The van der Waals surface area contributed by atoms with Crippen molar-refractivity contribution in [2.24, 2.45) is 0 Å². The quantitative estimate of drug-likeness (QED) is 0.595. The van der Waals surface area contributed by atoms with Crippen molar-refractivity contribution in [3.63, 3.8) is 0 Å². The van der Waals surface area contributed by atoms with E-state index in [2.05, 4.69) is 21.9 Å². The van der Waals surface area contributed by atoms with Crippen LogP contribution in [0.4, 0.5) is 0 Å². The Bertz CT molecular complexity index is 859. The molecule has 1 saturated heterocycles. The standard InChI is InChI=1S/C24H31ClN2O4/c1-18(28)20-6-9-23(24(14-20)30-2)31-17-22(29)16-27-11-3-10-26(12-13-27)15-19-4-7-21(25)8-5-19/h4-9,14,22,29H,3,10-13,15-17H2,1-2H3. The van der Waals surface area contributed by atoms with Crippen LogP contribution in [0, 0.1) is 0 Å². The van der Waals surface area contributed by atoms with Crippen LogP contribution in [0.2, 0.25) is 5.02 Å². The van der Waals surface area contributed by atoms with Crippen molar-refractivity contribution in [3.8, 4) is 11.5 Å². The van der Waals surface area contributed by atoms with Crippen LogP contribution >= 0.6 is 11.6 Å². The van der Waals surface area contributed by atoms with E-state index in [0.29, 0.717) is 23.6 Å². The van der Waals surface area contributed by atoms with Crippen LogP contribution in [0.15, 0.2) is 42.5 Å². The Labute approximate surface area is 189 Å². The Morgan fingerprint density at radius 2 is 1.77 bits per heavy atom. The highest BCUT2D eigenvalue weighted by Gasteiger charge is 2.18. The third-order valence-electron chi connectivity index (χ3n) is 5.47. The molecule has 1 aliphatic rings. The molecule has 0 aliphatic carbocycles. The molecule has 1 heterocycles. The number of aliphatic hydroxyl groups excluding tert-OH is 1. The van der Waals surface area contributed by atoms with E-state index in [-0.39, 0.29) is 12.4 Å². The Kier molecular flexibility index (Phi) is 8.72. The second-order valence-electron chi connectivity index (χ2n) is 7.94. The van der Waals surface area contributed by atoms with Crippen molar-refractivity contribution in [3.05, 3.63) is 58.6 Å². The predicted octanol–water partition coefficient (Wildman–Crippen LogP) is 3.50. The molecule has 1 atom stereocenters. The number of Topliss-reactive ketones (excluding diaryl/α,β-unsaturated/α-hetero) is 1. The number of benzene rings is 2. The van der Waals surface area contributed by atoms with Gasteiger partial charge in [0.05, 0.1) is 7.11 Å². The smallest absolute Gasteiger partial charge is 0.161 e. The second-order valence-corrected chi connectivity index (χ2v) is 8.38. The van der Waals surface area contributed by atoms with Crippen LogP contribution in [-0.4, -0.2) is 73.2 Å².